The van der Waals surface area contributed by atoms with Gasteiger partial charge in [-0.25, -0.2) is 0 Å². The summed E-state index contributed by atoms with van der Waals surface area (Å²) in [5.74, 6) is 0.648. The molecule has 4 N–H and O–H groups in total. The lowest BCUT2D eigenvalue weighted by Crippen LogP contribution is -2.42. The van der Waals surface area contributed by atoms with Gasteiger partial charge < -0.3 is 20.6 Å². The van der Waals surface area contributed by atoms with E-state index in [1.165, 1.54) is 0 Å². The fourth-order valence-electron chi connectivity index (χ4n) is 1.91. The number of hydrogen-bond donors (Lipinski definition) is 3. The summed E-state index contributed by atoms with van der Waals surface area (Å²) in [6.45, 7) is 1.84. The maximum atomic E-state index is 12.0. The Kier molecular flexibility index (Phi) is 4.42. The number of hydrogen-bond acceptors (Lipinski definition) is 4. The van der Waals surface area contributed by atoms with Crippen molar-refractivity contribution in [1.82, 2.24) is 5.32 Å². The number of amides is 1. The number of benzene rings is 1. The van der Waals surface area contributed by atoms with E-state index in [0.29, 0.717) is 12.2 Å². The molecule has 20 heavy (non-hydrogen) atoms. The maximum Gasteiger partial charge on any atom is 0.237 e. The van der Waals surface area contributed by atoms with Crippen molar-refractivity contribution in [2.24, 2.45) is 5.73 Å². The van der Waals surface area contributed by atoms with Gasteiger partial charge in [-0.1, -0.05) is 12.1 Å². The highest BCUT2D eigenvalue weighted by molar-refractivity contribution is 5.82. The first-order chi connectivity index (χ1) is 9.56. The van der Waals surface area contributed by atoms with Gasteiger partial charge in [-0.3, -0.25) is 4.79 Å². The minimum absolute atomic E-state index is 0.193. The lowest BCUT2D eigenvalue weighted by molar-refractivity contribution is -0.123. The monoisotopic (exact) mass is 274 g/mol. The summed E-state index contributed by atoms with van der Waals surface area (Å²) in [6.07, 6.45) is 1.98. The van der Waals surface area contributed by atoms with Gasteiger partial charge in [-0.15, -0.1) is 0 Å². The molecule has 0 bridgehead atoms. The van der Waals surface area contributed by atoms with Crippen LogP contribution in [-0.4, -0.2) is 17.1 Å². The quantitative estimate of drug-likeness (QED) is 0.774. The standard InChI is InChI=1S/C15H18N2O3/c1-10(14-3-2-8-20-14)17-15(19)13(16)9-11-4-6-12(18)7-5-11/h2-8,10,13,18H,9,16H2,1H3,(H,17,19)/t10?,13-/m0/s1. The van der Waals surface area contributed by atoms with Crippen LogP contribution in [0.3, 0.4) is 0 Å². The predicted molar refractivity (Wildman–Crippen MR) is 75.1 cm³/mol. The van der Waals surface area contributed by atoms with Crippen molar-refractivity contribution in [3.63, 3.8) is 0 Å². The van der Waals surface area contributed by atoms with Crippen LogP contribution in [-0.2, 0) is 11.2 Å². The van der Waals surface area contributed by atoms with E-state index >= 15 is 0 Å². The molecule has 106 valence electrons. The van der Waals surface area contributed by atoms with Crippen LogP contribution in [0.2, 0.25) is 0 Å². The van der Waals surface area contributed by atoms with E-state index in [0.717, 1.165) is 5.56 Å². The minimum Gasteiger partial charge on any atom is -0.508 e. The number of carbonyl (C=O) groups excluding carboxylic acids is 1. The van der Waals surface area contributed by atoms with Crippen molar-refractivity contribution in [3.05, 3.63) is 54.0 Å². The molecular weight excluding hydrogens is 256 g/mol. The zero-order valence-corrected chi connectivity index (χ0v) is 11.2. The van der Waals surface area contributed by atoms with Crippen LogP contribution in [0.1, 0.15) is 24.3 Å². The number of rotatable bonds is 5. The van der Waals surface area contributed by atoms with Gasteiger partial charge in [-0.05, 0) is 43.2 Å². The number of aromatic hydroxyl groups is 1. The number of furan rings is 1. The van der Waals surface area contributed by atoms with Crippen molar-refractivity contribution in [1.29, 1.82) is 0 Å². The van der Waals surface area contributed by atoms with E-state index in [4.69, 9.17) is 10.2 Å². The lowest BCUT2D eigenvalue weighted by Gasteiger charge is -2.16. The molecule has 1 heterocycles. The second kappa shape index (κ2) is 6.25. The lowest BCUT2D eigenvalue weighted by atomic mass is 10.1. The number of nitrogens with two attached hydrogens (primary N) is 1. The molecule has 0 aliphatic rings. The van der Waals surface area contributed by atoms with E-state index in [1.54, 1.807) is 42.7 Å². The van der Waals surface area contributed by atoms with Gasteiger partial charge in [0.1, 0.15) is 11.5 Å². The van der Waals surface area contributed by atoms with Crippen molar-refractivity contribution >= 4 is 5.91 Å². The second-order valence-electron chi connectivity index (χ2n) is 4.72. The first-order valence-corrected chi connectivity index (χ1v) is 6.43. The Morgan fingerprint density at radius 3 is 2.65 bits per heavy atom. The molecule has 0 saturated heterocycles. The second-order valence-corrected chi connectivity index (χ2v) is 4.72. The molecule has 2 atom stereocenters. The zero-order chi connectivity index (χ0) is 14.5. The minimum atomic E-state index is -0.642. The Balaban J connectivity index is 1.90. The molecule has 1 aromatic carbocycles. The third-order valence-corrected chi connectivity index (χ3v) is 3.06. The highest BCUT2D eigenvalue weighted by Crippen LogP contribution is 2.13. The van der Waals surface area contributed by atoms with E-state index in [2.05, 4.69) is 5.32 Å². The van der Waals surface area contributed by atoms with Gasteiger partial charge in [-0.2, -0.15) is 0 Å². The zero-order valence-electron chi connectivity index (χ0n) is 11.2. The molecule has 2 rings (SSSR count). The molecule has 1 amide bonds. The molecule has 1 aromatic heterocycles. The van der Waals surface area contributed by atoms with Crippen LogP contribution >= 0.6 is 0 Å². The summed E-state index contributed by atoms with van der Waals surface area (Å²) in [5.41, 5.74) is 6.78. The molecule has 0 fully saturated rings. The first kappa shape index (κ1) is 14.1. The third-order valence-electron chi connectivity index (χ3n) is 3.06. The summed E-state index contributed by atoms with van der Waals surface area (Å²) >= 11 is 0. The maximum absolute atomic E-state index is 12.0. The van der Waals surface area contributed by atoms with Crippen LogP contribution < -0.4 is 11.1 Å². The van der Waals surface area contributed by atoms with Gasteiger partial charge in [0.2, 0.25) is 5.91 Å². The van der Waals surface area contributed by atoms with Crippen LogP contribution in [0.4, 0.5) is 0 Å². The van der Waals surface area contributed by atoms with Crippen molar-refractivity contribution < 1.29 is 14.3 Å². The summed E-state index contributed by atoms with van der Waals surface area (Å²) in [7, 11) is 0. The summed E-state index contributed by atoms with van der Waals surface area (Å²) in [4.78, 5) is 12.0. The fraction of sp³-hybridized carbons (Fsp3) is 0.267. The Bertz CT molecular complexity index is 549. The molecule has 0 radical (unpaired) electrons. The highest BCUT2D eigenvalue weighted by Gasteiger charge is 2.18. The molecule has 0 aliphatic heterocycles. The van der Waals surface area contributed by atoms with Gasteiger partial charge in [0.05, 0.1) is 18.3 Å². The normalized spacial score (nSPS) is 13.7. The molecule has 0 saturated carbocycles. The van der Waals surface area contributed by atoms with Gasteiger partial charge in [0.15, 0.2) is 0 Å². The number of phenolic OH excluding ortho intramolecular Hbond substituents is 1. The molecule has 1 unspecified atom stereocenters. The largest absolute Gasteiger partial charge is 0.508 e. The van der Waals surface area contributed by atoms with Gasteiger partial charge in [0.25, 0.3) is 0 Å². The van der Waals surface area contributed by atoms with Crippen molar-refractivity contribution in [2.45, 2.75) is 25.4 Å². The van der Waals surface area contributed by atoms with E-state index < -0.39 is 6.04 Å². The van der Waals surface area contributed by atoms with Gasteiger partial charge >= 0.3 is 0 Å². The highest BCUT2D eigenvalue weighted by atomic mass is 16.3. The smallest absolute Gasteiger partial charge is 0.237 e. The molecule has 0 spiro atoms. The van der Waals surface area contributed by atoms with E-state index in [9.17, 15) is 9.90 Å². The van der Waals surface area contributed by atoms with Crippen LogP contribution in [0.15, 0.2) is 47.1 Å². The molecule has 0 aliphatic carbocycles. The SMILES string of the molecule is CC(NC(=O)[C@@H](N)Cc1ccc(O)cc1)c1ccco1. The molecule has 2 aromatic rings. The number of phenols is 1. The molecule has 5 heteroatoms. The van der Waals surface area contributed by atoms with Crippen molar-refractivity contribution in [3.8, 4) is 5.75 Å². The summed E-state index contributed by atoms with van der Waals surface area (Å²) < 4.78 is 5.22. The predicted octanol–water partition coefficient (Wildman–Crippen LogP) is 1.73. The number of nitrogens with one attached hydrogen (secondary N) is 1. The molecular formula is C15H18N2O3. The fourth-order valence-corrected chi connectivity index (χ4v) is 1.91. The first-order valence-electron chi connectivity index (χ1n) is 6.43. The number of carbonyl (C=O) groups is 1. The van der Waals surface area contributed by atoms with Crippen LogP contribution in [0.25, 0.3) is 0 Å². The third kappa shape index (κ3) is 3.61. The Morgan fingerprint density at radius 2 is 2.05 bits per heavy atom. The van der Waals surface area contributed by atoms with Crippen LogP contribution in [0.5, 0.6) is 5.75 Å². The Hall–Kier alpha value is -2.27. The van der Waals surface area contributed by atoms with E-state index in [-0.39, 0.29) is 17.7 Å². The topological polar surface area (TPSA) is 88.5 Å². The Labute approximate surface area is 117 Å². The average Bonchev–Trinajstić information content (AvgIpc) is 2.95. The van der Waals surface area contributed by atoms with Gasteiger partial charge in [0, 0.05) is 0 Å². The average molecular weight is 274 g/mol. The summed E-state index contributed by atoms with van der Waals surface area (Å²) in [6, 6.07) is 9.36. The van der Waals surface area contributed by atoms with E-state index in [1.807, 2.05) is 6.92 Å². The molecule has 5 nitrogen and oxygen atoms in total. The Morgan fingerprint density at radius 1 is 1.35 bits per heavy atom. The van der Waals surface area contributed by atoms with Crippen molar-refractivity contribution in [2.75, 3.05) is 0 Å². The van der Waals surface area contributed by atoms with Crippen LogP contribution in [0, 0.1) is 0 Å². The summed E-state index contributed by atoms with van der Waals surface area (Å²) in [5, 5.41) is 12.0.